The van der Waals surface area contributed by atoms with Gasteiger partial charge in [-0.1, -0.05) is 58.4 Å². The molecule has 3 aromatic rings. The van der Waals surface area contributed by atoms with Crippen LogP contribution in [0.2, 0.25) is 0 Å². The number of ether oxygens (including phenoxy) is 2. The number of hydrogen-bond acceptors (Lipinski definition) is 3. The van der Waals surface area contributed by atoms with Gasteiger partial charge in [-0.25, -0.2) is 0 Å². The standard InChI is InChI=1S/C23H22BrNO3/c1-27-21-9-5-8-18(12-21)16-28-22-14-19(13-20(24)15-22)23(26)25-11-10-17-6-3-2-4-7-17/h2-9,12-15H,10-11,16H2,1H3,(H,25,26). The van der Waals surface area contributed by atoms with Gasteiger partial charge in [-0.2, -0.15) is 0 Å². The van der Waals surface area contributed by atoms with E-state index in [1.807, 2.05) is 48.5 Å². The molecule has 3 aromatic carbocycles. The molecule has 0 aromatic heterocycles. The van der Waals surface area contributed by atoms with Crippen LogP contribution in [0.15, 0.2) is 77.3 Å². The van der Waals surface area contributed by atoms with Crippen LogP contribution >= 0.6 is 15.9 Å². The molecule has 0 unspecified atom stereocenters. The summed E-state index contributed by atoms with van der Waals surface area (Å²) >= 11 is 3.46. The molecule has 5 heteroatoms. The fraction of sp³-hybridized carbons (Fsp3) is 0.174. The Morgan fingerprint density at radius 1 is 0.929 bits per heavy atom. The summed E-state index contributed by atoms with van der Waals surface area (Å²) < 4.78 is 11.9. The van der Waals surface area contributed by atoms with E-state index < -0.39 is 0 Å². The number of halogens is 1. The van der Waals surface area contributed by atoms with Gasteiger partial charge in [0.05, 0.1) is 7.11 Å². The zero-order valence-electron chi connectivity index (χ0n) is 15.7. The van der Waals surface area contributed by atoms with Crippen LogP contribution in [0.1, 0.15) is 21.5 Å². The fourth-order valence-corrected chi connectivity index (χ4v) is 3.25. The molecule has 144 valence electrons. The van der Waals surface area contributed by atoms with Crippen LogP contribution in [0.3, 0.4) is 0 Å². The lowest BCUT2D eigenvalue weighted by atomic mass is 10.1. The molecular formula is C23H22BrNO3. The first kappa shape index (κ1) is 20.0. The Morgan fingerprint density at radius 3 is 2.50 bits per heavy atom. The summed E-state index contributed by atoms with van der Waals surface area (Å²) in [6.07, 6.45) is 0.791. The number of nitrogens with one attached hydrogen (secondary N) is 1. The van der Waals surface area contributed by atoms with Gasteiger partial charge in [0.2, 0.25) is 0 Å². The van der Waals surface area contributed by atoms with Gasteiger partial charge in [0, 0.05) is 16.6 Å². The van der Waals surface area contributed by atoms with Crippen molar-refractivity contribution in [1.29, 1.82) is 0 Å². The number of methoxy groups -OCH3 is 1. The molecule has 0 aliphatic rings. The van der Waals surface area contributed by atoms with Crippen molar-refractivity contribution in [3.8, 4) is 11.5 Å². The predicted molar refractivity (Wildman–Crippen MR) is 114 cm³/mol. The lowest BCUT2D eigenvalue weighted by molar-refractivity contribution is 0.0953. The van der Waals surface area contributed by atoms with Crippen molar-refractivity contribution in [3.05, 3.63) is 94.0 Å². The molecule has 0 aliphatic heterocycles. The van der Waals surface area contributed by atoms with E-state index in [1.165, 1.54) is 5.56 Å². The number of carbonyl (C=O) groups is 1. The Hall–Kier alpha value is -2.79. The normalized spacial score (nSPS) is 10.4. The van der Waals surface area contributed by atoms with E-state index in [2.05, 4.69) is 33.4 Å². The highest BCUT2D eigenvalue weighted by atomic mass is 79.9. The van der Waals surface area contributed by atoms with Crippen LogP contribution in [-0.4, -0.2) is 19.6 Å². The van der Waals surface area contributed by atoms with Crippen molar-refractivity contribution in [3.63, 3.8) is 0 Å². The molecule has 0 aliphatic carbocycles. The second-order valence-corrected chi connectivity index (χ2v) is 7.22. The highest BCUT2D eigenvalue weighted by molar-refractivity contribution is 9.10. The van der Waals surface area contributed by atoms with Crippen LogP contribution < -0.4 is 14.8 Å². The summed E-state index contributed by atoms with van der Waals surface area (Å²) in [6.45, 7) is 0.970. The highest BCUT2D eigenvalue weighted by Gasteiger charge is 2.09. The van der Waals surface area contributed by atoms with Crippen LogP contribution in [-0.2, 0) is 13.0 Å². The molecule has 0 fully saturated rings. The van der Waals surface area contributed by atoms with Crippen molar-refractivity contribution in [1.82, 2.24) is 5.32 Å². The first-order valence-electron chi connectivity index (χ1n) is 9.02. The summed E-state index contributed by atoms with van der Waals surface area (Å²) in [7, 11) is 1.64. The smallest absolute Gasteiger partial charge is 0.251 e. The van der Waals surface area contributed by atoms with Gasteiger partial charge in [-0.15, -0.1) is 0 Å². The Bertz CT molecular complexity index is 928. The Labute approximate surface area is 173 Å². The second kappa shape index (κ2) is 9.95. The van der Waals surface area contributed by atoms with Crippen molar-refractivity contribution < 1.29 is 14.3 Å². The predicted octanol–water partition coefficient (Wildman–Crippen LogP) is 5.01. The van der Waals surface area contributed by atoms with Gasteiger partial charge in [0.15, 0.2) is 0 Å². The second-order valence-electron chi connectivity index (χ2n) is 6.31. The Kier molecular flexibility index (Phi) is 7.09. The number of rotatable bonds is 8. The Balaban J connectivity index is 1.59. The molecule has 0 saturated heterocycles. The minimum Gasteiger partial charge on any atom is -0.497 e. The van der Waals surface area contributed by atoms with E-state index in [0.29, 0.717) is 24.5 Å². The van der Waals surface area contributed by atoms with Crippen LogP contribution in [0.25, 0.3) is 0 Å². The van der Waals surface area contributed by atoms with Gasteiger partial charge in [-0.3, -0.25) is 4.79 Å². The third-order valence-electron chi connectivity index (χ3n) is 4.22. The first-order valence-corrected chi connectivity index (χ1v) is 9.82. The average Bonchev–Trinajstić information content (AvgIpc) is 2.73. The Morgan fingerprint density at radius 2 is 1.71 bits per heavy atom. The molecule has 28 heavy (non-hydrogen) atoms. The topological polar surface area (TPSA) is 47.6 Å². The number of benzene rings is 3. The van der Waals surface area contributed by atoms with Gasteiger partial charge in [0.25, 0.3) is 5.91 Å². The van der Waals surface area contributed by atoms with Gasteiger partial charge < -0.3 is 14.8 Å². The third-order valence-corrected chi connectivity index (χ3v) is 4.67. The van der Waals surface area contributed by atoms with Crippen LogP contribution in [0, 0.1) is 0 Å². The lowest BCUT2D eigenvalue weighted by Gasteiger charge is -2.11. The van der Waals surface area contributed by atoms with E-state index in [0.717, 1.165) is 22.2 Å². The molecule has 0 saturated carbocycles. The molecule has 3 rings (SSSR count). The number of carbonyl (C=O) groups excluding carboxylic acids is 1. The maximum Gasteiger partial charge on any atom is 0.251 e. The summed E-state index contributed by atoms with van der Waals surface area (Å²) in [5, 5.41) is 2.96. The molecule has 0 radical (unpaired) electrons. The molecule has 4 nitrogen and oxygen atoms in total. The van der Waals surface area contributed by atoms with Gasteiger partial charge in [0.1, 0.15) is 18.1 Å². The summed E-state index contributed by atoms with van der Waals surface area (Å²) in [6, 6.07) is 23.2. The largest absolute Gasteiger partial charge is 0.497 e. The number of hydrogen-bond donors (Lipinski definition) is 1. The third kappa shape index (κ3) is 5.86. The van der Waals surface area contributed by atoms with Crippen molar-refractivity contribution >= 4 is 21.8 Å². The molecule has 1 N–H and O–H groups in total. The van der Waals surface area contributed by atoms with Crippen LogP contribution in [0.5, 0.6) is 11.5 Å². The monoisotopic (exact) mass is 439 g/mol. The molecule has 0 heterocycles. The summed E-state index contributed by atoms with van der Waals surface area (Å²) in [5.74, 6) is 1.29. The molecule has 1 amide bonds. The quantitative estimate of drug-likeness (QED) is 0.536. The van der Waals surface area contributed by atoms with Gasteiger partial charge >= 0.3 is 0 Å². The van der Waals surface area contributed by atoms with Crippen molar-refractivity contribution in [2.45, 2.75) is 13.0 Å². The van der Waals surface area contributed by atoms with E-state index in [-0.39, 0.29) is 5.91 Å². The molecular weight excluding hydrogens is 418 g/mol. The lowest BCUT2D eigenvalue weighted by Crippen LogP contribution is -2.25. The zero-order valence-corrected chi connectivity index (χ0v) is 17.2. The number of amides is 1. The SMILES string of the molecule is COc1cccc(COc2cc(Br)cc(C(=O)NCCc3ccccc3)c2)c1. The average molecular weight is 440 g/mol. The van der Waals surface area contributed by atoms with E-state index >= 15 is 0 Å². The van der Waals surface area contributed by atoms with Gasteiger partial charge in [-0.05, 0) is 47.9 Å². The molecule has 0 atom stereocenters. The fourth-order valence-electron chi connectivity index (χ4n) is 2.77. The van der Waals surface area contributed by atoms with Crippen LogP contribution in [0.4, 0.5) is 0 Å². The minimum atomic E-state index is -0.122. The van der Waals surface area contributed by atoms with E-state index in [1.54, 1.807) is 19.2 Å². The summed E-state index contributed by atoms with van der Waals surface area (Å²) in [4.78, 5) is 12.5. The maximum absolute atomic E-state index is 12.5. The minimum absolute atomic E-state index is 0.122. The first-order chi connectivity index (χ1) is 13.6. The summed E-state index contributed by atoms with van der Waals surface area (Å²) in [5.41, 5.74) is 2.75. The van der Waals surface area contributed by atoms with Crippen molar-refractivity contribution in [2.75, 3.05) is 13.7 Å². The van der Waals surface area contributed by atoms with Crippen molar-refractivity contribution in [2.24, 2.45) is 0 Å². The van der Waals surface area contributed by atoms with E-state index in [4.69, 9.17) is 9.47 Å². The molecule has 0 spiro atoms. The van der Waals surface area contributed by atoms with E-state index in [9.17, 15) is 4.79 Å². The maximum atomic E-state index is 12.5. The zero-order chi connectivity index (χ0) is 19.8. The molecule has 0 bridgehead atoms. The highest BCUT2D eigenvalue weighted by Crippen LogP contribution is 2.23.